The number of amides is 1. The molecule has 2 heterocycles. The molecule has 9 heteroatoms. The van der Waals surface area contributed by atoms with E-state index in [1.807, 2.05) is 12.1 Å². The van der Waals surface area contributed by atoms with E-state index in [0.717, 1.165) is 37.3 Å². The maximum absolute atomic E-state index is 12.8. The fraction of sp³-hybridized carbons (Fsp3) is 0.435. The van der Waals surface area contributed by atoms with Crippen molar-refractivity contribution in [2.75, 3.05) is 30.4 Å². The smallest absolute Gasteiger partial charge is 0.387 e. The maximum atomic E-state index is 12.8. The highest BCUT2D eigenvalue weighted by Gasteiger charge is 2.44. The first-order valence-corrected chi connectivity index (χ1v) is 11.0. The average Bonchev–Trinajstić information content (AvgIpc) is 3.12. The predicted molar refractivity (Wildman–Crippen MR) is 119 cm³/mol. The summed E-state index contributed by atoms with van der Waals surface area (Å²) in [6.07, 6.45) is 1.86. The molecule has 0 aliphatic carbocycles. The second-order valence-corrected chi connectivity index (χ2v) is 8.43. The zero-order valence-electron chi connectivity index (χ0n) is 17.7. The van der Waals surface area contributed by atoms with Crippen molar-refractivity contribution in [1.29, 1.82) is 0 Å². The Balaban J connectivity index is 1.34. The number of alkyl halides is 2. The Bertz CT molecular complexity index is 906. The quantitative estimate of drug-likeness (QED) is 0.648. The number of nitrogens with one attached hydrogen (secondary N) is 1. The van der Waals surface area contributed by atoms with E-state index in [4.69, 9.17) is 16.3 Å². The van der Waals surface area contributed by atoms with Gasteiger partial charge in [-0.3, -0.25) is 14.6 Å². The summed E-state index contributed by atoms with van der Waals surface area (Å²) in [6.45, 7) is -1.17. The van der Waals surface area contributed by atoms with Crippen molar-refractivity contribution in [3.05, 3.63) is 53.6 Å². The predicted octanol–water partition coefficient (Wildman–Crippen LogP) is 4.60. The van der Waals surface area contributed by atoms with Gasteiger partial charge < -0.3 is 14.8 Å². The third-order valence-electron chi connectivity index (χ3n) is 6.03. The van der Waals surface area contributed by atoms with E-state index in [2.05, 4.69) is 15.0 Å². The van der Waals surface area contributed by atoms with E-state index in [1.165, 1.54) is 12.1 Å². The van der Waals surface area contributed by atoms with Crippen LogP contribution in [0, 0.1) is 0 Å². The van der Waals surface area contributed by atoms with E-state index in [9.17, 15) is 13.6 Å². The molecule has 2 aromatic carbocycles. The summed E-state index contributed by atoms with van der Waals surface area (Å²) in [5.41, 5.74) is 1.65. The summed E-state index contributed by atoms with van der Waals surface area (Å²) in [5.74, 6) is 0.178. The van der Waals surface area contributed by atoms with Crippen LogP contribution in [-0.2, 0) is 9.53 Å². The summed E-state index contributed by atoms with van der Waals surface area (Å²) in [4.78, 5) is 16.8. The molecule has 2 aliphatic rings. The van der Waals surface area contributed by atoms with Crippen LogP contribution in [0.4, 0.5) is 20.2 Å². The number of piperidine rings is 1. The van der Waals surface area contributed by atoms with Crippen LogP contribution in [-0.4, -0.2) is 55.9 Å². The third kappa shape index (κ3) is 5.14. The molecular weight excluding hydrogens is 440 g/mol. The highest BCUT2D eigenvalue weighted by atomic mass is 35.5. The van der Waals surface area contributed by atoms with Gasteiger partial charge in [0, 0.05) is 49.1 Å². The molecule has 2 fully saturated rings. The highest BCUT2D eigenvalue weighted by Crippen LogP contribution is 2.33. The third-order valence-corrected chi connectivity index (χ3v) is 6.28. The van der Waals surface area contributed by atoms with Crippen molar-refractivity contribution >= 4 is 28.9 Å². The number of anilines is 2. The molecule has 0 saturated carbocycles. The number of ether oxygens (including phenoxy) is 2. The van der Waals surface area contributed by atoms with E-state index in [-0.39, 0.29) is 30.0 Å². The number of nitrogens with zero attached hydrogens (tertiary/aromatic N) is 2. The summed E-state index contributed by atoms with van der Waals surface area (Å²) in [6, 6.07) is 14.0. The number of rotatable bonds is 7. The zero-order valence-corrected chi connectivity index (χ0v) is 18.5. The lowest BCUT2D eigenvalue weighted by atomic mass is 10.0. The van der Waals surface area contributed by atoms with Crippen LogP contribution in [0.1, 0.15) is 19.3 Å². The lowest BCUT2D eigenvalue weighted by molar-refractivity contribution is -0.117. The van der Waals surface area contributed by atoms with Crippen LogP contribution >= 0.6 is 11.6 Å². The first-order valence-electron chi connectivity index (χ1n) is 10.6. The maximum Gasteiger partial charge on any atom is 0.387 e. The van der Waals surface area contributed by atoms with Gasteiger partial charge in [0.15, 0.2) is 6.23 Å². The topological polar surface area (TPSA) is 54.0 Å². The summed E-state index contributed by atoms with van der Waals surface area (Å²) >= 11 is 5.99. The fourth-order valence-corrected chi connectivity index (χ4v) is 4.63. The molecule has 4 rings (SSSR count). The van der Waals surface area contributed by atoms with E-state index in [1.54, 1.807) is 36.3 Å². The number of benzene rings is 2. The number of carbonyl (C=O) groups excluding carboxylic acids is 1. The van der Waals surface area contributed by atoms with Gasteiger partial charge in [-0.2, -0.15) is 8.78 Å². The second-order valence-electron chi connectivity index (χ2n) is 8.00. The second kappa shape index (κ2) is 10.0. The van der Waals surface area contributed by atoms with Crippen molar-refractivity contribution in [2.45, 2.75) is 44.2 Å². The van der Waals surface area contributed by atoms with Crippen molar-refractivity contribution in [2.24, 2.45) is 0 Å². The molecule has 172 valence electrons. The summed E-state index contributed by atoms with van der Waals surface area (Å²) in [7, 11) is 1.63. The van der Waals surface area contributed by atoms with Crippen molar-refractivity contribution in [3.8, 4) is 5.75 Å². The van der Waals surface area contributed by atoms with Crippen molar-refractivity contribution in [3.63, 3.8) is 0 Å². The zero-order chi connectivity index (χ0) is 22.7. The van der Waals surface area contributed by atoms with Gasteiger partial charge in [-0.05, 0) is 61.4 Å². The molecule has 1 amide bonds. The molecule has 0 spiro atoms. The Labute approximate surface area is 191 Å². The molecule has 6 nitrogen and oxygen atoms in total. The monoisotopic (exact) mass is 465 g/mol. The van der Waals surface area contributed by atoms with Gasteiger partial charge in [-0.1, -0.05) is 11.6 Å². The lowest BCUT2D eigenvalue weighted by Gasteiger charge is -2.39. The van der Waals surface area contributed by atoms with Crippen LogP contribution in [0.3, 0.4) is 0 Å². The van der Waals surface area contributed by atoms with Crippen molar-refractivity contribution in [1.82, 2.24) is 4.90 Å². The Morgan fingerprint density at radius 3 is 2.31 bits per heavy atom. The number of hydrogen-bond acceptors (Lipinski definition) is 5. The van der Waals surface area contributed by atoms with Crippen LogP contribution in [0.15, 0.2) is 48.5 Å². The van der Waals surface area contributed by atoms with Gasteiger partial charge in [0.1, 0.15) is 5.75 Å². The SMILES string of the molecule is COC1C(N2CCC(Nc3ccc(OC(F)F)cc3)CC2)CC(=O)N1c1ccc(Cl)cc1. The van der Waals surface area contributed by atoms with Gasteiger partial charge in [0.2, 0.25) is 5.91 Å². The Hall–Kier alpha value is -2.42. The standard InChI is InChI=1S/C23H26ClF2N3O3/c1-31-22-20(14-21(30)29(22)18-6-2-15(24)3-7-18)28-12-10-17(11-13-28)27-16-4-8-19(9-5-16)32-23(25)26/h2-9,17,20,22-23,27H,10-14H2,1H3. The molecule has 0 aromatic heterocycles. The highest BCUT2D eigenvalue weighted by molar-refractivity contribution is 6.30. The minimum Gasteiger partial charge on any atom is -0.435 e. The normalized spacial score (nSPS) is 22.5. The molecule has 2 unspecified atom stereocenters. The van der Waals surface area contributed by atoms with Crippen LogP contribution < -0.4 is 15.0 Å². The minimum absolute atomic E-state index is 0.0186. The molecule has 0 bridgehead atoms. The number of methoxy groups -OCH3 is 1. The number of hydrogen-bond donors (Lipinski definition) is 1. The van der Waals surface area contributed by atoms with Crippen molar-refractivity contribution < 1.29 is 23.0 Å². The number of carbonyl (C=O) groups is 1. The van der Waals surface area contributed by atoms with Gasteiger partial charge in [0.25, 0.3) is 0 Å². The number of halogens is 3. The summed E-state index contributed by atoms with van der Waals surface area (Å²) in [5, 5.41) is 4.08. The van der Waals surface area contributed by atoms with Crippen LogP contribution in [0.25, 0.3) is 0 Å². The van der Waals surface area contributed by atoms with E-state index in [0.29, 0.717) is 11.4 Å². The van der Waals surface area contributed by atoms with E-state index < -0.39 is 6.61 Å². The number of likely N-dealkylation sites (tertiary alicyclic amines) is 1. The van der Waals surface area contributed by atoms with E-state index >= 15 is 0 Å². The van der Waals surface area contributed by atoms with Gasteiger partial charge >= 0.3 is 6.61 Å². The largest absolute Gasteiger partial charge is 0.435 e. The van der Waals surface area contributed by atoms with Gasteiger partial charge in [-0.25, -0.2) is 0 Å². The Morgan fingerprint density at radius 2 is 1.72 bits per heavy atom. The molecule has 2 aromatic rings. The molecule has 32 heavy (non-hydrogen) atoms. The Morgan fingerprint density at radius 1 is 1.06 bits per heavy atom. The molecular formula is C23H26ClF2N3O3. The fourth-order valence-electron chi connectivity index (χ4n) is 4.50. The van der Waals surface area contributed by atoms with Crippen LogP contribution in [0.5, 0.6) is 5.75 Å². The first-order chi connectivity index (χ1) is 15.4. The molecule has 2 aliphatic heterocycles. The molecule has 2 atom stereocenters. The minimum atomic E-state index is -2.83. The Kier molecular flexibility index (Phi) is 7.13. The van der Waals surface area contributed by atoms with Gasteiger partial charge in [0.05, 0.1) is 6.04 Å². The molecule has 2 saturated heterocycles. The molecule has 0 radical (unpaired) electrons. The van der Waals surface area contributed by atoms with Gasteiger partial charge in [-0.15, -0.1) is 0 Å². The molecule has 1 N–H and O–H groups in total. The first kappa shape index (κ1) is 22.8. The van der Waals surface area contributed by atoms with Crippen LogP contribution in [0.2, 0.25) is 5.02 Å². The lowest BCUT2D eigenvalue weighted by Crippen LogP contribution is -2.50. The summed E-state index contributed by atoms with van der Waals surface area (Å²) < 4.78 is 34.7. The average molecular weight is 466 g/mol.